The van der Waals surface area contributed by atoms with Crippen LogP contribution in [-0.2, 0) is 21.2 Å². The van der Waals surface area contributed by atoms with Crippen LogP contribution in [0.5, 0.6) is 5.75 Å². The van der Waals surface area contributed by atoms with E-state index in [1.54, 1.807) is 22.9 Å². The highest BCUT2D eigenvalue weighted by atomic mass is 35.5. The lowest BCUT2D eigenvalue weighted by atomic mass is 10.1. The van der Waals surface area contributed by atoms with Crippen molar-refractivity contribution in [1.82, 2.24) is 14.1 Å². The first-order valence-electron chi connectivity index (χ1n) is 10.1. The van der Waals surface area contributed by atoms with Crippen LogP contribution < -0.4 is 4.74 Å². The van der Waals surface area contributed by atoms with Crippen molar-refractivity contribution in [3.05, 3.63) is 53.2 Å². The molecule has 3 aromatic rings. The number of halogens is 4. The van der Waals surface area contributed by atoms with Crippen molar-refractivity contribution in [2.45, 2.75) is 30.6 Å². The number of carboxylic acids is 1. The normalized spacial score (nSPS) is 19.6. The fourth-order valence-corrected chi connectivity index (χ4v) is 5.81. The van der Waals surface area contributed by atoms with Crippen LogP contribution in [0.4, 0.5) is 13.2 Å². The Balaban J connectivity index is 1.63. The van der Waals surface area contributed by atoms with Gasteiger partial charge in [-0.2, -0.15) is 9.40 Å². The second-order valence-electron chi connectivity index (χ2n) is 8.01. The molecule has 2 atom stereocenters. The van der Waals surface area contributed by atoms with Gasteiger partial charge in [0, 0.05) is 23.5 Å². The summed E-state index contributed by atoms with van der Waals surface area (Å²) in [5.41, 5.74) is 0.932. The van der Waals surface area contributed by atoms with E-state index in [1.165, 1.54) is 4.31 Å². The Morgan fingerprint density at radius 3 is 2.50 bits per heavy atom. The average molecular weight is 518 g/mol. The molecule has 0 bridgehead atoms. The maximum absolute atomic E-state index is 13.2. The predicted molar refractivity (Wildman–Crippen MR) is 116 cm³/mol. The summed E-state index contributed by atoms with van der Waals surface area (Å²) in [6.45, 7) is 2.03. The second-order valence-corrected chi connectivity index (χ2v) is 10.4. The van der Waals surface area contributed by atoms with Crippen molar-refractivity contribution in [1.29, 1.82) is 0 Å². The van der Waals surface area contributed by atoms with Gasteiger partial charge in [-0.3, -0.25) is 9.48 Å². The highest BCUT2D eigenvalue weighted by molar-refractivity contribution is 7.89. The number of sulfonamides is 1. The first-order chi connectivity index (χ1) is 15.8. The van der Waals surface area contributed by atoms with Gasteiger partial charge in [0.15, 0.2) is 0 Å². The molecule has 2 aromatic carbocycles. The number of hydrogen-bond donors (Lipinski definition) is 1. The lowest BCUT2D eigenvalue weighted by Crippen LogP contribution is -2.29. The summed E-state index contributed by atoms with van der Waals surface area (Å²) >= 11 is 6.14. The maximum atomic E-state index is 13.2. The van der Waals surface area contributed by atoms with Crippen LogP contribution in [0.3, 0.4) is 0 Å². The highest BCUT2D eigenvalue weighted by Gasteiger charge is 2.39. The summed E-state index contributed by atoms with van der Waals surface area (Å²) in [5, 5.41) is 14.7. The van der Waals surface area contributed by atoms with E-state index in [9.17, 15) is 31.5 Å². The van der Waals surface area contributed by atoms with Gasteiger partial charge in [0.2, 0.25) is 10.0 Å². The monoisotopic (exact) mass is 517 g/mol. The Bertz CT molecular complexity index is 1340. The number of aromatic nitrogens is 2. The van der Waals surface area contributed by atoms with Gasteiger partial charge in [-0.05, 0) is 48.4 Å². The molecule has 1 fully saturated rings. The fraction of sp³-hybridized carbons (Fsp3) is 0.333. The van der Waals surface area contributed by atoms with Crippen LogP contribution in [-0.4, -0.2) is 53.0 Å². The van der Waals surface area contributed by atoms with Crippen LogP contribution >= 0.6 is 11.6 Å². The van der Waals surface area contributed by atoms with E-state index in [0.717, 1.165) is 24.3 Å². The van der Waals surface area contributed by atoms with Gasteiger partial charge in [-0.15, -0.1) is 13.2 Å². The quantitative estimate of drug-likeness (QED) is 0.528. The summed E-state index contributed by atoms with van der Waals surface area (Å²) in [6.07, 6.45) is -5.19. The van der Waals surface area contributed by atoms with Crippen molar-refractivity contribution in [3.63, 3.8) is 0 Å². The minimum absolute atomic E-state index is 0.0418. The Kier molecular flexibility index (Phi) is 6.25. The predicted octanol–water partition coefficient (Wildman–Crippen LogP) is 4.10. The van der Waals surface area contributed by atoms with E-state index in [0.29, 0.717) is 21.6 Å². The molecule has 0 unspecified atom stereocenters. The first kappa shape index (κ1) is 24.3. The van der Waals surface area contributed by atoms with E-state index in [1.807, 2.05) is 6.92 Å². The number of benzene rings is 2. The minimum atomic E-state index is -4.88. The number of nitrogens with zero attached hydrogens (tertiary/aromatic N) is 3. The van der Waals surface area contributed by atoms with Crippen molar-refractivity contribution in [2.75, 3.05) is 13.1 Å². The molecule has 2 heterocycles. The fourth-order valence-electron chi connectivity index (χ4n) is 4.09. The van der Waals surface area contributed by atoms with E-state index < -0.39 is 34.1 Å². The number of fused-ring (bicyclic) bond motifs is 1. The van der Waals surface area contributed by atoms with E-state index in [2.05, 4.69) is 9.84 Å². The Morgan fingerprint density at radius 2 is 1.88 bits per heavy atom. The minimum Gasteiger partial charge on any atom is -0.481 e. The Hall–Kier alpha value is -2.83. The zero-order valence-electron chi connectivity index (χ0n) is 17.7. The van der Waals surface area contributed by atoms with Gasteiger partial charge in [0.25, 0.3) is 0 Å². The third-order valence-corrected chi connectivity index (χ3v) is 7.69. The van der Waals surface area contributed by atoms with Gasteiger partial charge in [-0.25, -0.2) is 8.42 Å². The molecular weight excluding hydrogens is 499 g/mol. The molecule has 0 saturated carbocycles. The summed E-state index contributed by atoms with van der Waals surface area (Å²) in [7, 11) is -4.01. The summed E-state index contributed by atoms with van der Waals surface area (Å²) in [6, 6.07) is 8.55. The Morgan fingerprint density at radius 1 is 1.21 bits per heavy atom. The third kappa shape index (κ3) is 4.84. The molecule has 1 aliphatic rings. The first-order valence-corrected chi connectivity index (χ1v) is 11.9. The van der Waals surface area contributed by atoms with E-state index in [4.69, 9.17) is 11.6 Å². The number of carbonyl (C=O) groups is 1. The highest BCUT2D eigenvalue weighted by Crippen LogP contribution is 2.35. The number of carboxylic acid groups (broad SMARTS) is 1. The third-order valence-electron chi connectivity index (χ3n) is 5.61. The summed E-state index contributed by atoms with van der Waals surface area (Å²) < 4.78 is 70.1. The van der Waals surface area contributed by atoms with Gasteiger partial charge < -0.3 is 9.84 Å². The van der Waals surface area contributed by atoms with Crippen LogP contribution in [0.2, 0.25) is 5.02 Å². The van der Waals surface area contributed by atoms with Gasteiger partial charge in [-0.1, -0.05) is 18.5 Å². The zero-order chi connectivity index (χ0) is 24.8. The summed E-state index contributed by atoms with van der Waals surface area (Å²) in [5.74, 6) is -1.77. The topological polar surface area (TPSA) is 102 Å². The largest absolute Gasteiger partial charge is 0.573 e. The molecule has 0 spiro atoms. The molecule has 1 aliphatic heterocycles. The van der Waals surface area contributed by atoms with Crippen molar-refractivity contribution < 1.29 is 36.2 Å². The molecular formula is C21H19ClF3N3O5S. The molecule has 0 amide bonds. The van der Waals surface area contributed by atoms with Crippen molar-refractivity contribution in [3.8, 4) is 5.75 Å². The lowest BCUT2D eigenvalue weighted by molar-refractivity contribution is -0.274. The smallest absolute Gasteiger partial charge is 0.481 e. The van der Waals surface area contributed by atoms with Gasteiger partial charge in [0.1, 0.15) is 5.75 Å². The molecule has 1 aromatic heterocycles. The summed E-state index contributed by atoms with van der Waals surface area (Å²) in [4.78, 5) is 11.1. The Labute approximate surface area is 197 Å². The van der Waals surface area contributed by atoms with Crippen LogP contribution in [0.25, 0.3) is 10.9 Å². The number of hydrogen-bond acceptors (Lipinski definition) is 5. The van der Waals surface area contributed by atoms with Crippen LogP contribution in [0.1, 0.15) is 18.7 Å². The molecule has 34 heavy (non-hydrogen) atoms. The van der Waals surface area contributed by atoms with Gasteiger partial charge >= 0.3 is 12.3 Å². The van der Waals surface area contributed by atoms with Crippen LogP contribution in [0.15, 0.2) is 47.4 Å². The lowest BCUT2D eigenvalue weighted by Gasteiger charge is -2.18. The average Bonchev–Trinajstić information content (AvgIpc) is 3.27. The molecule has 1 saturated heterocycles. The SMILES string of the molecule is C[C@@H]1CN(S(=O)(=O)c2ccc(OC(F)(F)F)cc2)C[C@@H]1n1nc(CC(=O)O)c2ccc(Cl)cc21. The maximum Gasteiger partial charge on any atom is 0.573 e. The van der Waals surface area contributed by atoms with E-state index >= 15 is 0 Å². The number of rotatable bonds is 6. The molecule has 0 aliphatic carbocycles. The van der Waals surface area contributed by atoms with Gasteiger partial charge in [0.05, 0.1) is 28.6 Å². The number of alkyl halides is 3. The number of aliphatic carboxylic acids is 1. The standard InChI is InChI=1S/C21H19ClF3N3O5S/c1-12-10-27(34(31,32)15-5-3-14(4-6-15)33-21(23,24)25)11-19(12)28-18-8-13(22)2-7-16(18)17(26-28)9-20(29)30/h2-8,12,19H,9-11H2,1H3,(H,29,30)/t12-,19+/m1/s1. The molecule has 1 N–H and O–H groups in total. The van der Waals surface area contributed by atoms with Crippen LogP contribution in [0, 0.1) is 5.92 Å². The van der Waals surface area contributed by atoms with E-state index in [-0.39, 0.29) is 30.3 Å². The molecule has 8 nitrogen and oxygen atoms in total. The molecule has 0 radical (unpaired) electrons. The second kappa shape index (κ2) is 8.75. The van der Waals surface area contributed by atoms with Crippen molar-refractivity contribution >= 4 is 38.5 Å². The molecule has 4 rings (SSSR count). The molecule has 182 valence electrons. The zero-order valence-corrected chi connectivity index (χ0v) is 19.2. The number of ether oxygens (including phenoxy) is 1. The molecule has 13 heteroatoms. The van der Waals surface area contributed by atoms with Crippen molar-refractivity contribution in [2.24, 2.45) is 5.92 Å².